The van der Waals surface area contributed by atoms with Crippen LogP contribution in [-0.2, 0) is 6.54 Å². The molecule has 2 rings (SSSR count). The highest BCUT2D eigenvalue weighted by Gasteiger charge is 2.07. The lowest BCUT2D eigenvalue weighted by Gasteiger charge is -2.03. The highest BCUT2D eigenvalue weighted by Crippen LogP contribution is 2.17. The minimum Gasteiger partial charge on any atom is -0.315 e. The highest BCUT2D eigenvalue weighted by atomic mass is 35.5. The Kier molecular flexibility index (Phi) is 4.31. The normalized spacial score (nSPS) is 11.2. The predicted molar refractivity (Wildman–Crippen MR) is 69.1 cm³/mol. The Balaban J connectivity index is 1.97. The van der Waals surface area contributed by atoms with Crippen LogP contribution >= 0.6 is 11.6 Å². The van der Waals surface area contributed by atoms with Gasteiger partial charge in [-0.2, -0.15) is 0 Å². The highest BCUT2D eigenvalue weighted by molar-refractivity contribution is 6.33. The first kappa shape index (κ1) is 12.3. The molecule has 0 unspecified atom stereocenters. The second kappa shape index (κ2) is 5.96. The predicted octanol–water partition coefficient (Wildman–Crippen LogP) is 3.45. The van der Waals surface area contributed by atoms with Gasteiger partial charge < -0.3 is 4.57 Å². The average Bonchev–Trinajstić information content (AvgIpc) is 2.74. The lowest BCUT2D eigenvalue weighted by molar-refractivity contribution is 0.573. The van der Waals surface area contributed by atoms with Crippen LogP contribution in [0, 0.1) is 0 Å². The van der Waals surface area contributed by atoms with Gasteiger partial charge in [-0.3, -0.25) is 0 Å². The number of halogens is 1. The van der Waals surface area contributed by atoms with E-state index in [0.29, 0.717) is 10.7 Å². The SMILES string of the molecule is CCCCCCCn1cnc2c(Cl)ncnc21. The van der Waals surface area contributed by atoms with E-state index in [0.717, 1.165) is 18.6 Å². The minimum absolute atomic E-state index is 0.430. The van der Waals surface area contributed by atoms with Gasteiger partial charge in [-0.05, 0) is 6.42 Å². The smallest absolute Gasteiger partial charge is 0.164 e. The zero-order valence-electron chi connectivity index (χ0n) is 10.1. The second-order valence-corrected chi connectivity index (χ2v) is 4.55. The molecule has 0 aliphatic heterocycles. The summed E-state index contributed by atoms with van der Waals surface area (Å²) in [5, 5.41) is 0.430. The first-order chi connectivity index (χ1) is 8.33. The van der Waals surface area contributed by atoms with Gasteiger partial charge in [0.1, 0.15) is 11.8 Å². The van der Waals surface area contributed by atoms with E-state index >= 15 is 0 Å². The third-order valence-electron chi connectivity index (χ3n) is 2.86. The molecule has 2 aromatic rings. The van der Waals surface area contributed by atoms with Gasteiger partial charge in [0.15, 0.2) is 10.8 Å². The van der Waals surface area contributed by atoms with Crippen molar-refractivity contribution >= 4 is 22.8 Å². The Morgan fingerprint density at radius 3 is 2.76 bits per heavy atom. The van der Waals surface area contributed by atoms with E-state index in [-0.39, 0.29) is 0 Å². The van der Waals surface area contributed by atoms with Crippen LogP contribution in [0.15, 0.2) is 12.7 Å². The molecule has 5 heteroatoms. The fraction of sp³-hybridized carbons (Fsp3) is 0.583. The molecule has 0 N–H and O–H groups in total. The fourth-order valence-electron chi connectivity index (χ4n) is 1.90. The van der Waals surface area contributed by atoms with Crippen LogP contribution in [0.4, 0.5) is 0 Å². The van der Waals surface area contributed by atoms with Gasteiger partial charge in [0.2, 0.25) is 0 Å². The maximum Gasteiger partial charge on any atom is 0.164 e. The lowest BCUT2D eigenvalue weighted by Crippen LogP contribution is -1.98. The average molecular weight is 253 g/mol. The van der Waals surface area contributed by atoms with Crippen molar-refractivity contribution in [3.05, 3.63) is 17.8 Å². The molecule has 4 nitrogen and oxygen atoms in total. The molecule has 0 amide bonds. The first-order valence-electron chi connectivity index (χ1n) is 6.14. The fourth-order valence-corrected chi connectivity index (χ4v) is 2.08. The molecule has 0 aromatic carbocycles. The lowest BCUT2D eigenvalue weighted by atomic mass is 10.1. The summed E-state index contributed by atoms with van der Waals surface area (Å²) in [7, 11) is 0. The Hall–Kier alpha value is -1.16. The topological polar surface area (TPSA) is 43.6 Å². The van der Waals surface area contributed by atoms with Crippen molar-refractivity contribution in [2.24, 2.45) is 0 Å². The van der Waals surface area contributed by atoms with Crippen molar-refractivity contribution in [1.82, 2.24) is 19.5 Å². The number of imidazole rings is 1. The van der Waals surface area contributed by atoms with Crippen molar-refractivity contribution in [3.8, 4) is 0 Å². The molecule has 0 saturated carbocycles. The summed E-state index contributed by atoms with van der Waals surface area (Å²) < 4.78 is 2.05. The zero-order chi connectivity index (χ0) is 12.1. The van der Waals surface area contributed by atoms with Crippen molar-refractivity contribution in [2.75, 3.05) is 0 Å². The Morgan fingerprint density at radius 2 is 1.94 bits per heavy atom. The molecule has 0 radical (unpaired) electrons. The number of fused-ring (bicyclic) bond motifs is 1. The van der Waals surface area contributed by atoms with E-state index in [1.807, 2.05) is 0 Å². The van der Waals surface area contributed by atoms with Gasteiger partial charge in [0.25, 0.3) is 0 Å². The molecule has 17 heavy (non-hydrogen) atoms. The van der Waals surface area contributed by atoms with Crippen LogP contribution in [0.2, 0.25) is 5.15 Å². The van der Waals surface area contributed by atoms with Crippen LogP contribution < -0.4 is 0 Å². The third kappa shape index (κ3) is 2.94. The number of aromatic nitrogens is 4. The van der Waals surface area contributed by atoms with Crippen molar-refractivity contribution < 1.29 is 0 Å². The molecule has 0 aliphatic rings. The Labute approximate surface area is 106 Å². The van der Waals surface area contributed by atoms with Crippen LogP contribution in [0.5, 0.6) is 0 Å². The quantitative estimate of drug-likeness (QED) is 0.584. The maximum absolute atomic E-state index is 5.95. The number of unbranched alkanes of at least 4 members (excludes halogenated alkanes) is 4. The van der Waals surface area contributed by atoms with Crippen molar-refractivity contribution in [1.29, 1.82) is 0 Å². The van der Waals surface area contributed by atoms with Gasteiger partial charge in [-0.1, -0.05) is 44.2 Å². The number of hydrogen-bond donors (Lipinski definition) is 0. The van der Waals surface area contributed by atoms with E-state index in [4.69, 9.17) is 11.6 Å². The van der Waals surface area contributed by atoms with Crippen LogP contribution in [0.25, 0.3) is 11.2 Å². The van der Waals surface area contributed by atoms with E-state index in [2.05, 4.69) is 26.4 Å². The van der Waals surface area contributed by atoms with Gasteiger partial charge in [-0.25, -0.2) is 15.0 Å². The Morgan fingerprint density at radius 1 is 1.12 bits per heavy atom. The minimum atomic E-state index is 0.430. The molecule has 92 valence electrons. The summed E-state index contributed by atoms with van der Waals surface area (Å²) in [6.07, 6.45) is 9.60. The second-order valence-electron chi connectivity index (χ2n) is 4.19. The summed E-state index contributed by atoms with van der Waals surface area (Å²) in [5.74, 6) is 0. The van der Waals surface area contributed by atoms with E-state index in [9.17, 15) is 0 Å². The number of aryl methyl sites for hydroxylation is 1. The van der Waals surface area contributed by atoms with E-state index in [1.165, 1.54) is 32.0 Å². The first-order valence-corrected chi connectivity index (χ1v) is 6.52. The van der Waals surface area contributed by atoms with Gasteiger partial charge in [0.05, 0.1) is 6.33 Å². The van der Waals surface area contributed by atoms with Crippen molar-refractivity contribution in [3.63, 3.8) is 0 Å². The number of nitrogens with zero attached hydrogens (tertiary/aromatic N) is 4. The molecular weight excluding hydrogens is 236 g/mol. The summed E-state index contributed by atoms with van der Waals surface area (Å²) in [4.78, 5) is 12.4. The maximum atomic E-state index is 5.95. The zero-order valence-corrected chi connectivity index (χ0v) is 10.8. The van der Waals surface area contributed by atoms with Gasteiger partial charge in [-0.15, -0.1) is 0 Å². The monoisotopic (exact) mass is 252 g/mol. The summed E-state index contributed by atoms with van der Waals surface area (Å²) in [6, 6.07) is 0. The Bertz CT molecular complexity index is 480. The molecule has 2 heterocycles. The molecule has 0 aliphatic carbocycles. The summed E-state index contributed by atoms with van der Waals surface area (Å²) in [6.45, 7) is 3.18. The molecule has 0 bridgehead atoms. The molecule has 0 atom stereocenters. The van der Waals surface area contributed by atoms with Gasteiger partial charge in [0, 0.05) is 6.54 Å². The molecular formula is C12H17ClN4. The standard InChI is InChI=1S/C12H17ClN4/c1-2-3-4-5-6-7-17-9-16-10-11(13)14-8-15-12(10)17/h8-9H,2-7H2,1H3. The van der Waals surface area contributed by atoms with Crippen LogP contribution in [0.1, 0.15) is 39.0 Å². The third-order valence-corrected chi connectivity index (χ3v) is 3.14. The molecule has 0 fully saturated rings. The number of rotatable bonds is 6. The number of hydrogen-bond acceptors (Lipinski definition) is 3. The van der Waals surface area contributed by atoms with Gasteiger partial charge >= 0.3 is 0 Å². The largest absolute Gasteiger partial charge is 0.315 e. The van der Waals surface area contributed by atoms with Crippen molar-refractivity contribution in [2.45, 2.75) is 45.6 Å². The van der Waals surface area contributed by atoms with E-state index < -0.39 is 0 Å². The molecule has 0 saturated heterocycles. The van der Waals surface area contributed by atoms with E-state index in [1.54, 1.807) is 6.33 Å². The summed E-state index contributed by atoms with van der Waals surface area (Å²) in [5.41, 5.74) is 1.53. The van der Waals surface area contributed by atoms with Crippen LogP contribution in [-0.4, -0.2) is 19.5 Å². The molecule has 0 spiro atoms. The van der Waals surface area contributed by atoms with Crippen LogP contribution in [0.3, 0.4) is 0 Å². The molecule has 2 aromatic heterocycles. The summed E-state index contributed by atoms with van der Waals surface area (Å²) >= 11 is 5.95.